The van der Waals surface area contributed by atoms with Crippen LogP contribution in [0, 0.1) is 6.92 Å². The van der Waals surface area contributed by atoms with Crippen LogP contribution in [0.4, 0.5) is 5.95 Å². The maximum absolute atomic E-state index is 12.4. The first-order valence-electron chi connectivity index (χ1n) is 10.6. The predicted octanol–water partition coefficient (Wildman–Crippen LogP) is 4.09. The van der Waals surface area contributed by atoms with E-state index in [4.69, 9.17) is 0 Å². The molecule has 0 atom stereocenters. The molecule has 0 unspecified atom stereocenters. The zero-order valence-electron chi connectivity index (χ0n) is 17.4. The van der Waals surface area contributed by atoms with Gasteiger partial charge >= 0.3 is 0 Å². The highest BCUT2D eigenvalue weighted by atomic mass is 32.2. The van der Waals surface area contributed by atoms with Gasteiger partial charge in [0.15, 0.2) is 5.16 Å². The standard InChI is InChI=1S/C23H24N6OS/c1-16-9-11-17(12-10-16)29-22(28-13-5-2-6-14-28)26-27-23(29)31-15-20-24-19-8-4-3-7-18(19)21(30)25-20/h3-4,7-12H,2,5-6,13-15H2,1H3,(H,24,25,30). The van der Waals surface area contributed by atoms with Crippen LogP contribution in [-0.2, 0) is 5.75 Å². The number of aromatic nitrogens is 5. The maximum Gasteiger partial charge on any atom is 0.258 e. The number of piperidine rings is 1. The van der Waals surface area contributed by atoms with Crippen molar-refractivity contribution in [2.75, 3.05) is 18.0 Å². The van der Waals surface area contributed by atoms with Gasteiger partial charge in [0.25, 0.3) is 5.56 Å². The average molecular weight is 433 g/mol. The van der Waals surface area contributed by atoms with Gasteiger partial charge in [-0.2, -0.15) is 0 Å². The van der Waals surface area contributed by atoms with Gasteiger partial charge in [-0.15, -0.1) is 10.2 Å². The van der Waals surface area contributed by atoms with Crippen LogP contribution in [0.25, 0.3) is 16.6 Å². The van der Waals surface area contributed by atoms with Crippen molar-refractivity contribution >= 4 is 28.6 Å². The molecule has 31 heavy (non-hydrogen) atoms. The number of nitrogens with one attached hydrogen (secondary N) is 1. The topological polar surface area (TPSA) is 79.7 Å². The van der Waals surface area contributed by atoms with E-state index in [1.54, 1.807) is 6.07 Å². The van der Waals surface area contributed by atoms with Crippen molar-refractivity contribution < 1.29 is 0 Å². The fourth-order valence-corrected chi connectivity index (χ4v) is 4.73. The van der Waals surface area contributed by atoms with Gasteiger partial charge < -0.3 is 9.88 Å². The van der Waals surface area contributed by atoms with Crippen LogP contribution < -0.4 is 10.5 Å². The molecule has 0 saturated carbocycles. The Morgan fingerprint density at radius 3 is 2.58 bits per heavy atom. The second-order valence-electron chi connectivity index (χ2n) is 7.82. The molecule has 7 nitrogen and oxygen atoms in total. The number of hydrogen-bond donors (Lipinski definition) is 1. The number of thioether (sulfide) groups is 1. The number of para-hydroxylation sites is 1. The van der Waals surface area contributed by atoms with Crippen molar-refractivity contribution in [3.05, 3.63) is 70.3 Å². The van der Waals surface area contributed by atoms with Crippen LogP contribution in [0.5, 0.6) is 0 Å². The number of anilines is 1. The molecule has 8 heteroatoms. The van der Waals surface area contributed by atoms with E-state index in [9.17, 15) is 4.79 Å². The van der Waals surface area contributed by atoms with Gasteiger partial charge in [0.2, 0.25) is 5.95 Å². The summed E-state index contributed by atoms with van der Waals surface area (Å²) in [5.41, 5.74) is 2.84. The molecule has 158 valence electrons. The van der Waals surface area contributed by atoms with E-state index in [0.29, 0.717) is 22.5 Å². The van der Waals surface area contributed by atoms with E-state index in [1.807, 2.05) is 18.2 Å². The number of hydrogen-bond acceptors (Lipinski definition) is 6. The van der Waals surface area contributed by atoms with E-state index < -0.39 is 0 Å². The maximum atomic E-state index is 12.4. The van der Waals surface area contributed by atoms with Gasteiger partial charge in [-0.05, 0) is 50.5 Å². The summed E-state index contributed by atoms with van der Waals surface area (Å²) in [7, 11) is 0. The first kappa shape index (κ1) is 19.8. The molecule has 1 saturated heterocycles. The quantitative estimate of drug-likeness (QED) is 0.479. The highest BCUT2D eigenvalue weighted by molar-refractivity contribution is 7.98. The average Bonchev–Trinajstić information content (AvgIpc) is 3.23. The van der Waals surface area contributed by atoms with E-state index in [0.717, 1.165) is 29.9 Å². The summed E-state index contributed by atoms with van der Waals surface area (Å²) in [6, 6.07) is 15.8. The highest BCUT2D eigenvalue weighted by Gasteiger charge is 2.21. The fourth-order valence-electron chi connectivity index (χ4n) is 3.91. The summed E-state index contributed by atoms with van der Waals surface area (Å²) < 4.78 is 2.12. The molecule has 0 spiro atoms. The van der Waals surface area contributed by atoms with Crippen molar-refractivity contribution in [2.45, 2.75) is 37.1 Å². The molecule has 0 amide bonds. The van der Waals surface area contributed by atoms with Crippen LogP contribution in [0.2, 0.25) is 0 Å². The number of rotatable bonds is 5. The molecule has 0 aliphatic carbocycles. The summed E-state index contributed by atoms with van der Waals surface area (Å²) in [5.74, 6) is 2.02. The molecule has 3 heterocycles. The smallest absolute Gasteiger partial charge is 0.258 e. The van der Waals surface area contributed by atoms with Crippen LogP contribution in [0.15, 0.2) is 58.5 Å². The lowest BCUT2D eigenvalue weighted by Crippen LogP contribution is -2.31. The molecule has 2 aromatic heterocycles. The van der Waals surface area contributed by atoms with Gasteiger partial charge in [-0.3, -0.25) is 9.36 Å². The monoisotopic (exact) mass is 432 g/mol. The van der Waals surface area contributed by atoms with Crippen molar-refractivity contribution in [3.63, 3.8) is 0 Å². The minimum absolute atomic E-state index is 0.116. The number of aryl methyl sites for hydroxylation is 1. The Bertz CT molecular complexity index is 1260. The van der Waals surface area contributed by atoms with E-state index in [1.165, 1.54) is 36.6 Å². The van der Waals surface area contributed by atoms with Crippen LogP contribution in [-0.4, -0.2) is 37.8 Å². The Morgan fingerprint density at radius 1 is 1.00 bits per heavy atom. The number of aromatic amines is 1. The number of benzene rings is 2. The van der Waals surface area contributed by atoms with Gasteiger partial charge in [0.1, 0.15) is 5.82 Å². The minimum atomic E-state index is -0.116. The Morgan fingerprint density at radius 2 is 1.77 bits per heavy atom. The molecule has 4 aromatic rings. The van der Waals surface area contributed by atoms with Crippen molar-refractivity contribution in [1.82, 2.24) is 24.7 Å². The Hall–Kier alpha value is -3.13. The number of fused-ring (bicyclic) bond motifs is 1. The molecule has 1 aliphatic heterocycles. The third-order valence-corrected chi connectivity index (χ3v) is 6.49. The van der Waals surface area contributed by atoms with Crippen LogP contribution in [0.3, 0.4) is 0 Å². The molecule has 1 fully saturated rings. The summed E-state index contributed by atoms with van der Waals surface area (Å²) >= 11 is 1.53. The lowest BCUT2D eigenvalue weighted by atomic mass is 10.1. The first-order valence-corrected chi connectivity index (χ1v) is 11.6. The molecular formula is C23H24N6OS. The van der Waals surface area contributed by atoms with Crippen molar-refractivity contribution in [1.29, 1.82) is 0 Å². The molecule has 1 aliphatic rings. The fraction of sp³-hybridized carbons (Fsp3) is 0.304. The zero-order chi connectivity index (χ0) is 21.2. The highest BCUT2D eigenvalue weighted by Crippen LogP contribution is 2.29. The van der Waals surface area contributed by atoms with Crippen LogP contribution >= 0.6 is 11.8 Å². The Labute approximate surface area is 184 Å². The summed E-state index contributed by atoms with van der Waals surface area (Å²) in [4.78, 5) is 22.2. The lowest BCUT2D eigenvalue weighted by molar-refractivity contribution is 0.564. The van der Waals surface area contributed by atoms with E-state index in [2.05, 4.69) is 60.8 Å². The lowest BCUT2D eigenvalue weighted by Gasteiger charge is -2.27. The Kier molecular flexibility index (Phi) is 5.46. The third-order valence-electron chi connectivity index (χ3n) is 5.55. The molecule has 2 aromatic carbocycles. The largest absolute Gasteiger partial charge is 0.341 e. The summed E-state index contributed by atoms with van der Waals surface area (Å²) in [6.45, 7) is 4.07. The second kappa shape index (κ2) is 8.55. The normalized spacial score (nSPS) is 14.3. The molecule has 1 N–H and O–H groups in total. The van der Waals surface area contributed by atoms with Crippen molar-refractivity contribution in [3.8, 4) is 5.69 Å². The van der Waals surface area contributed by atoms with E-state index >= 15 is 0 Å². The van der Waals surface area contributed by atoms with Gasteiger partial charge in [0, 0.05) is 13.1 Å². The molecular weight excluding hydrogens is 408 g/mol. The zero-order valence-corrected chi connectivity index (χ0v) is 18.2. The molecule has 0 bridgehead atoms. The van der Waals surface area contributed by atoms with E-state index in [-0.39, 0.29) is 5.56 Å². The SMILES string of the molecule is Cc1ccc(-n2c(SCc3nc4ccccc4c(=O)[nH]3)nnc2N2CCCCC2)cc1. The van der Waals surface area contributed by atoms with Crippen LogP contribution in [0.1, 0.15) is 30.7 Å². The Balaban J connectivity index is 1.48. The third kappa shape index (κ3) is 4.07. The minimum Gasteiger partial charge on any atom is -0.341 e. The summed E-state index contributed by atoms with van der Waals surface area (Å²) in [6.07, 6.45) is 3.61. The number of H-pyrrole nitrogens is 1. The molecule has 5 rings (SSSR count). The predicted molar refractivity (Wildman–Crippen MR) is 124 cm³/mol. The first-order chi connectivity index (χ1) is 15.2. The van der Waals surface area contributed by atoms with Gasteiger partial charge in [-0.25, -0.2) is 4.98 Å². The summed E-state index contributed by atoms with van der Waals surface area (Å²) in [5, 5.41) is 10.4. The second-order valence-corrected chi connectivity index (χ2v) is 8.76. The van der Waals surface area contributed by atoms with Gasteiger partial charge in [0.05, 0.1) is 22.3 Å². The number of nitrogens with zero attached hydrogens (tertiary/aromatic N) is 5. The van der Waals surface area contributed by atoms with Gasteiger partial charge in [-0.1, -0.05) is 41.6 Å². The van der Waals surface area contributed by atoms with Crippen molar-refractivity contribution in [2.24, 2.45) is 0 Å². The molecule has 0 radical (unpaired) electrons.